The average Bonchev–Trinajstić information content (AvgIpc) is 2.84. The summed E-state index contributed by atoms with van der Waals surface area (Å²) in [6, 6.07) is 15.3. The summed E-state index contributed by atoms with van der Waals surface area (Å²) in [4.78, 5) is 24.3. The van der Waals surface area contributed by atoms with E-state index in [-0.39, 0.29) is 21.2 Å². The molecular weight excluding hydrogens is 564 g/mol. The first-order valence-electron chi connectivity index (χ1n) is 10.9. The molecule has 0 unspecified atom stereocenters. The van der Waals surface area contributed by atoms with Crippen molar-refractivity contribution < 1.29 is 26.4 Å². The number of nitrogens with two attached hydrogens (primary N) is 4. The number of guanidine groups is 2. The Bertz CT molecular complexity index is 1570. The first kappa shape index (κ1) is 29.2. The lowest BCUT2D eigenvalue weighted by molar-refractivity contribution is 0.261. The summed E-state index contributed by atoms with van der Waals surface area (Å²) in [5, 5.41) is 9.84. The van der Waals surface area contributed by atoms with Gasteiger partial charge in [0, 0.05) is 11.4 Å². The van der Waals surface area contributed by atoms with Crippen molar-refractivity contribution in [1.29, 1.82) is 0 Å². The molecule has 16 nitrogen and oxygen atoms in total. The molecule has 18 heteroatoms. The van der Waals surface area contributed by atoms with E-state index in [2.05, 4.69) is 30.1 Å². The number of hydrogen-bond donors (Lipinski definition) is 8. The maximum atomic E-state index is 12.5. The second-order valence-electron chi connectivity index (χ2n) is 7.71. The highest BCUT2D eigenvalue weighted by Crippen LogP contribution is 2.24. The highest BCUT2D eigenvalue weighted by molar-refractivity contribution is 7.90. The van der Waals surface area contributed by atoms with Crippen molar-refractivity contribution in [3.05, 3.63) is 72.8 Å². The molecule has 3 aromatic carbocycles. The fourth-order valence-electron chi connectivity index (χ4n) is 3.17. The maximum absolute atomic E-state index is 12.5. The van der Waals surface area contributed by atoms with Gasteiger partial charge in [-0.25, -0.2) is 9.59 Å². The van der Waals surface area contributed by atoms with E-state index in [1.54, 1.807) is 0 Å². The van der Waals surface area contributed by atoms with E-state index in [1.807, 2.05) is 0 Å². The molecule has 3 aromatic rings. The fraction of sp³-hybridized carbons (Fsp3) is 0. The third-order valence-electron chi connectivity index (χ3n) is 4.68. The number of rotatable bonds is 8. The molecule has 0 bridgehead atoms. The van der Waals surface area contributed by atoms with Gasteiger partial charge >= 0.3 is 12.1 Å². The van der Waals surface area contributed by atoms with Crippen LogP contribution in [0.1, 0.15) is 0 Å². The zero-order valence-electron chi connectivity index (χ0n) is 20.4. The van der Waals surface area contributed by atoms with Gasteiger partial charge in [-0.15, -0.1) is 8.80 Å². The number of nitrogens with zero attached hydrogens (tertiary/aromatic N) is 2. The number of urea groups is 2. The summed E-state index contributed by atoms with van der Waals surface area (Å²) < 4.78 is 55.8. The zero-order chi connectivity index (χ0) is 29.5. The Morgan fingerprint density at radius 3 is 1.18 bits per heavy atom. The van der Waals surface area contributed by atoms with Crippen LogP contribution in [0.2, 0.25) is 0 Å². The van der Waals surface area contributed by atoms with Gasteiger partial charge in [-0.1, -0.05) is 24.3 Å². The smallest absolute Gasteiger partial charge is 0.323 e. The van der Waals surface area contributed by atoms with E-state index in [1.165, 1.54) is 72.8 Å². The van der Waals surface area contributed by atoms with E-state index in [0.29, 0.717) is 11.4 Å². The van der Waals surface area contributed by atoms with Crippen molar-refractivity contribution in [2.45, 2.75) is 9.79 Å². The Balaban J connectivity index is 1.66. The Labute approximate surface area is 228 Å². The van der Waals surface area contributed by atoms with E-state index >= 15 is 0 Å². The van der Waals surface area contributed by atoms with E-state index in [4.69, 9.17) is 22.9 Å². The van der Waals surface area contributed by atoms with E-state index in [9.17, 15) is 26.4 Å². The highest BCUT2D eigenvalue weighted by Gasteiger charge is 2.20. The number of carbonyl (C=O) groups is 2. The molecule has 0 spiro atoms. The lowest BCUT2D eigenvalue weighted by Gasteiger charge is -2.12. The van der Waals surface area contributed by atoms with Crippen LogP contribution in [0.4, 0.5) is 32.3 Å². The predicted molar refractivity (Wildman–Crippen MR) is 151 cm³/mol. The molecule has 40 heavy (non-hydrogen) atoms. The molecule has 0 fully saturated rings. The third-order valence-corrected chi connectivity index (χ3v) is 7.40. The van der Waals surface area contributed by atoms with Gasteiger partial charge in [0.2, 0.25) is 11.9 Å². The van der Waals surface area contributed by atoms with Crippen LogP contribution in [-0.2, 0) is 20.0 Å². The molecule has 0 radical (unpaired) electrons. The van der Waals surface area contributed by atoms with Crippen LogP contribution in [0.3, 0.4) is 0 Å². The lowest BCUT2D eigenvalue weighted by atomic mass is 10.3. The molecule has 210 valence electrons. The molecule has 3 rings (SSSR count). The van der Waals surface area contributed by atoms with Gasteiger partial charge < -0.3 is 44.2 Å². The number of benzene rings is 3. The van der Waals surface area contributed by atoms with Crippen molar-refractivity contribution in [2.24, 2.45) is 31.7 Å². The van der Waals surface area contributed by atoms with Crippen molar-refractivity contribution in [3.8, 4) is 0 Å². The zero-order valence-corrected chi connectivity index (χ0v) is 22.0. The molecule has 0 aliphatic carbocycles. The Morgan fingerprint density at radius 2 is 0.850 bits per heavy atom. The van der Waals surface area contributed by atoms with Crippen LogP contribution in [0, 0.1) is 0 Å². The number of carbonyl (C=O) groups excluding carboxylic acids is 2. The molecule has 0 aliphatic rings. The lowest BCUT2D eigenvalue weighted by Crippen LogP contribution is -2.25. The summed E-state index contributed by atoms with van der Waals surface area (Å²) >= 11 is 0. The largest absolute Gasteiger partial charge is 0.369 e. The molecule has 0 heterocycles. The van der Waals surface area contributed by atoms with Gasteiger partial charge in [0.1, 0.15) is 9.79 Å². The van der Waals surface area contributed by atoms with E-state index in [0.717, 1.165) is 0 Å². The van der Waals surface area contributed by atoms with Crippen molar-refractivity contribution >= 4 is 66.8 Å². The third kappa shape index (κ3) is 7.82. The predicted octanol–water partition coefficient (Wildman–Crippen LogP) is 0.899. The number of anilines is 4. The molecule has 0 atom stereocenters. The van der Waals surface area contributed by atoms with Gasteiger partial charge in [0.15, 0.2) is 0 Å². The average molecular weight is 589 g/mol. The molecule has 12 N–H and O–H groups in total. The standard InChI is InChI=1S/C22H24N10O6S2/c23-19(24)31-39(35,36)17-7-3-1-5-15(17)29-21(33)27-13-9-11-14(12-10-13)28-22(34)30-16-6-2-4-8-18(16)40(37,38)32-20(25)26/h1-12H,(H4,23,24,31)(H4,25,26,32)(H2,27,29,33)(H2,28,30,34). The molecule has 0 aromatic heterocycles. The molecule has 0 aliphatic heterocycles. The quantitative estimate of drug-likeness (QED) is 0.136. The van der Waals surface area contributed by atoms with Gasteiger partial charge in [0.05, 0.1) is 11.4 Å². The minimum Gasteiger partial charge on any atom is -0.369 e. The summed E-state index contributed by atoms with van der Waals surface area (Å²) in [6.45, 7) is 0. The topological polar surface area (TPSA) is 279 Å². The Morgan fingerprint density at radius 1 is 0.525 bits per heavy atom. The van der Waals surface area contributed by atoms with Crippen molar-refractivity contribution in [2.75, 3.05) is 21.3 Å². The van der Waals surface area contributed by atoms with Gasteiger partial charge in [0.25, 0.3) is 20.0 Å². The summed E-state index contributed by atoms with van der Waals surface area (Å²) in [5.74, 6) is -1.33. The van der Waals surface area contributed by atoms with Crippen LogP contribution < -0.4 is 44.2 Å². The SMILES string of the molecule is NC(N)=NS(=O)(=O)c1ccccc1NC(=O)Nc1ccc(NC(=O)Nc2ccccc2S(=O)(=O)N=C(N)N)cc1. The minimum atomic E-state index is -4.27. The number of sulfonamides is 2. The fourth-order valence-corrected chi connectivity index (χ4v) is 5.22. The highest BCUT2D eigenvalue weighted by atomic mass is 32.2. The van der Waals surface area contributed by atoms with Crippen molar-refractivity contribution in [1.82, 2.24) is 0 Å². The molecule has 0 saturated carbocycles. The second kappa shape index (κ2) is 12.0. The van der Waals surface area contributed by atoms with E-state index < -0.39 is 44.0 Å². The first-order chi connectivity index (χ1) is 18.8. The van der Waals surface area contributed by atoms with Crippen LogP contribution in [0.25, 0.3) is 0 Å². The summed E-state index contributed by atoms with van der Waals surface area (Å²) in [5.41, 5.74) is 21.1. The Hall–Kier alpha value is -5.36. The van der Waals surface area contributed by atoms with Gasteiger partial charge in [-0.05, 0) is 48.5 Å². The molecule has 0 saturated heterocycles. The van der Waals surface area contributed by atoms with Crippen LogP contribution in [0.15, 0.2) is 91.4 Å². The van der Waals surface area contributed by atoms with Crippen molar-refractivity contribution in [3.63, 3.8) is 0 Å². The van der Waals surface area contributed by atoms with Gasteiger partial charge in [-0.2, -0.15) is 16.8 Å². The molecule has 4 amide bonds. The normalized spacial score (nSPS) is 11.0. The number of para-hydroxylation sites is 2. The summed E-state index contributed by atoms with van der Waals surface area (Å²) in [7, 11) is -8.53. The summed E-state index contributed by atoms with van der Waals surface area (Å²) in [6.07, 6.45) is 0. The van der Waals surface area contributed by atoms with Crippen LogP contribution in [-0.4, -0.2) is 40.8 Å². The number of hydrogen-bond acceptors (Lipinski definition) is 6. The second-order valence-corrected chi connectivity index (χ2v) is 10.9. The maximum Gasteiger partial charge on any atom is 0.323 e. The minimum absolute atomic E-state index is 0.0675. The van der Waals surface area contributed by atoms with Crippen LogP contribution in [0.5, 0.6) is 0 Å². The Kier molecular flexibility index (Phi) is 8.76. The van der Waals surface area contributed by atoms with Crippen LogP contribution >= 0.6 is 0 Å². The number of nitrogens with one attached hydrogen (secondary N) is 4. The first-order valence-corrected chi connectivity index (χ1v) is 13.8. The number of amides is 4. The monoisotopic (exact) mass is 588 g/mol. The molecular formula is C22H24N10O6S2. The van der Waals surface area contributed by atoms with Gasteiger partial charge in [-0.3, -0.25) is 0 Å².